The van der Waals surface area contributed by atoms with Crippen LogP contribution < -0.4 is 10.6 Å². The third kappa shape index (κ3) is 4.56. The average Bonchev–Trinajstić information content (AvgIpc) is 3.24. The van der Waals surface area contributed by atoms with Gasteiger partial charge in [0.1, 0.15) is 17.8 Å². The van der Waals surface area contributed by atoms with Crippen LogP contribution >= 0.6 is 0 Å². The second-order valence-corrected chi connectivity index (χ2v) is 7.18. The van der Waals surface area contributed by atoms with Gasteiger partial charge in [-0.3, -0.25) is 0 Å². The number of oxazole rings is 1. The second kappa shape index (κ2) is 8.77. The number of oxime groups is 1. The highest BCUT2D eigenvalue weighted by atomic mass is 16.6. The molecule has 0 spiro atoms. The van der Waals surface area contributed by atoms with E-state index in [9.17, 15) is 0 Å². The van der Waals surface area contributed by atoms with Crippen LogP contribution in [0.5, 0.6) is 0 Å². The van der Waals surface area contributed by atoms with Gasteiger partial charge in [-0.15, -0.1) is 0 Å². The summed E-state index contributed by atoms with van der Waals surface area (Å²) in [4.78, 5) is 16.7. The molecule has 1 aromatic carbocycles. The first kappa shape index (κ1) is 19.0. The highest BCUT2D eigenvalue weighted by Crippen LogP contribution is 2.22. The molecule has 3 aromatic rings. The third-order valence-corrected chi connectivity index (χ3v) is 4.94. The van der Waals surface area contributed by atoms with Crippen LogP contribution in [0.3, 0.4) is 0 Å². The molecule has 1 saturated heterocycles. The molecule has 4 rings (SSSR count). The Morgan fingerprint density at radius 1 is 1.17 bits per heavy atom. The van der Waals surface area contributed by atoms with Crippen molar-refractivity contribution in [3.05, 3.63) is 65.7 Å². The van der Waals surface area contributed by atoms with Crippen LogP contribution in [0.1, 0.15) is 36.1 Å². The first-order valence-electron chi connectivity index (χ1n) is 9.88. The Balaban J connectivity index is 1.42. The van der Waals surface area contributed by atoms with Gasteiger partial charge < -0.3 is 19.9 Å². The molecule has 1 aliphatic rings. The fourth-order valence-corrected chi connectivity index (χ4v) is 3.37. The van der Waals surface area contributed by atoms with Crippen molar-refractivity contribution < 1.29 is 9.25 Å². The Labute approximate surface area is 170 Å². The van der Waals surface area contributed by atoms with E-state index in [2.05, 4.69) is 20.0 Å². The second-order valence-electron chi connectivity index (χ2n) is 7.18. The monoisotopic (exact) mass is 391 g/mol. The van der Waals surface area contributed by atoms with E-state index in [1.54, 1.807) is 12.5 Å². The zero-order chi connectivity index (χ0) is 20.1. The van der Waals surface area contributed by atoms with Crippen LogP contribution in [0.15, 0.2) is 58.4 Å². The number of aromatic nitrogens is 2. The zero-order valence-corrected chi connectivity index (χ0v) is 16.5. The Hall–Kier alpha value is -3.35. The Bertz CT molecular complexity index is 975. The normalized spacial score (nSPS) is 14.8. The maximum Gasteiger partial charge on any atom is 0.226 e. The van der Waals surface area contributed by atoms with Gasteiger partial charge in [-0.05, 0) is 50.5 Å². The summed E-state index contributed by atoms with van der Waals surface area (Å²) in [5, 5.41) is 4.08. The van der Waals surface area contributed by atoms with Crippen molar-refractivity contribution >= 4 is 11.7 Å². The SMILES string of the molecule is Cc1ccc(-c2nc(CO/N=C(/N)c3cccnc3N3CCCCC3)co2)cc1. The lowest BCUT2D eigenvalue weighted by Crippen LogP contribution is -2.32. The Morgan fingerprint density at radius 2 is 1.97 bits per heavy atom. The fourth-order valence-electron chi connectivity index (χ4n) is 3.37. The first-order valence-corrected chi connectivity index (χ1v) is 9.88. The zero-order valence-electron chi connectivity index (χ0n) is 16.5. The number of rotatable bonds is 6. The van der Waals surface area contributed by atoms with E-state index in [1.807, 2.05) is 43.3 Å². The highest BCUT2D eigenvalue weighted by Gasteiger charge is 2.17. The number of pyridine rings is 1. The summed E-state index contributed by atoms with van der Waals surface area (Å²) in [6, 6.07) is 11.8. The van der Waals surface area contributed by atoms with Gasteiger partial charge in [0.15, 0.2) is 12.4 Å². The van der Waals surface area contributed by atoms with Gasteiger partial charge in [-0.1, -0.05) is 22.9 Å². The molecular formula is C22H25N5O2. The molecule has 29 heavy (non-hydrogen) atoms. The molecule has 3 heterocycles. The summed E-state index contributed by atoms with van der Waals surface area (Å²) in [5.41, 5.74) is 9.74. The predicted octanol–water partition coefficient (Wildman–Crippen LogP) is 3.87. The molecule has 7 nitrogen and oxygen atoms in total. The van der Waals surface area contributed by atoms with Gasteiger partial charge in [0, 0.05) is 24.8 Å². The van der Waals surface area contributed by atoms with Gasteiger partial charge >= 0.3 is 0 Å². The van der Waals surface area contributed by atoms with Crippen LogP contribution in [0.25, 0.3) is 11.5 Å². The van der Waals surface area contributed by atoms with Crippen LogP contribution in [0.2, 0.25) is 0 Å². The van der Waals surface area contributed by atoms with Crippen LogP contribution in [0.4, 0.5) is 5.82 Å². The standard InChI is InChI=1S/C22H25N5O2/c1-16-7-9-17(10-8-16)22-25-18(14-28-22)15-29-26-20(23)19-6-5-11-24-21(19)27-12-3-2-4-13-27/h5-11,14H,2-4,12-13,15H2,1H3,(H2,23,26). The van der Waals surface area contributed by atoms with Gasteiger partial charge in [0.05, 0.1) is 5.56 Å². The molecule has 7 heteroatoms. The van der Waals surface area contributed by atoms with Gasteiger partial charge in [-0.25, -0.2) is 9.97 Å². The largest absolute Gasteiger partial charge is 0.444 e. The van der Waals surface area contributed by atoms with Crippen LogP contribution in [-0.4, -0.2) is 28.9 Å². The summed E-state index contributed by atoms with van der Waals surface area (Å²) in [7, 11) is 0. The van der Waals surface area contributed by atoms with Crippen molar-refractivity contribution in [3.8, 4) is 11.5 Å². The Kier molecular flexibility index (Phi) is 5.74. The van der Waals surface area contributed by atoms with Crippen molar-refractivity contribution in [1.29, 1.82) is 0 Å². The number of nitrogens with zero attached hydrogens (tertiary/aromatic N) is 4. The topological polar surface area (TPSA) is 89.8 Å². The number of amidine groups is 1. The maximum atomic E-state index is 6.19. The smallest absolute Gasteiger partial charge is 0.226 e. The molecule has 0 amide bonds. The molecule has 0 radical (unpaired) electrons. The molecule has 1 aliphatic heterocycles. The lowest BCUT2D eigenvalue weighted by molar-refractivity contribution is 0.127. The average molecular weight is 391 g/mol. The lowest BCUT2D eigenvalue weighted by atomic mass is 10.1. The lowest BCUT2D eigenvalue weighted by Gasteiger charge is -2.29. The van der Waals surface area contributed by atoms with E-state index in [1.165, 1.54) is 24.8 Å². The molecule has 0 bridgehead atoms. The quantitative estimate of drug-likeness (QED) is 0.390. The van der Waals surface area contributed by atoms with Crippen LogP contribution in [0, 0.1) is 6.92 Å². The molecule has 1 fully saturated rings. The molecule has 2 N–H and O–H groups in total. The van der Waals surface area contributed by atoms with Crippen molar-refractivity contribution in [2.24, 2.45) is 10.9 Å². The first-order chi connectivity index (χ1) is 14.2. The number of benzene rings is 1. The third-order valence-electron chi connectivity index (χ3n) is 4.94. The van der Waals surface area contributed by atoms with E-state index in [0.29, 0.717) is 17.4 Å². The maximum absolute atomic E-state index is 6.19. The summed E-state index contributed by atoms with van der Waals surface area (Å²) >= 11 is 0. The van der Waals surface area contributed by atoms with E-state index in [0.717, 1.165) is 30.0 Å². The Morgan fingerprint density at radius 3 is 2.76 bits per heavy atom. The number of nitrogens with two attached hydrogens (primary N) is 1. The summed E-state index contributed by atoms with van der Waals surface area (Å²) < 4.78 is 5.54. The molecule has 0 aliphatic carbocycles. The van der Waals surface area contributed by atoms with Crippen LogP contribution in [-0.2, 0) is 11.4 Å². The van der Waals surface area contributed by atoms with Crippen molar-refractivity contribution in [3.63, 3.8) is 0 Å². The minimum Gasteiger partial charge on any atom is -0.444 e. The molecule has 0 atom stereocenters. The van der Waals surface area contributed by atoms with E-state index in [4.69, 9.17) is 15.0 Å². The fraction of sp³-hybridized carbons (Fsp3) is 0.318. The van der Waals surface area contributed by atoms with E-state index >= 15 is 0 Å². The molecule has 150 valence electrons. The molecule has 2 aromatic heterocycles. The number of aryl methyl sites for hydroxylation is 1. The molecule has 0 unspecified atom stereocenters. The van der Waals surface area contributed by atoms with E-state index in [-0.39, 0.29) is 6.61 Å². The van der Waals surface area contributed by atoms with Crippen molar-refractivity contribution in [1.82, 2.24) is 9.97 Å². The number of anilines is 1. The van der Waals surface area contributed by atoms with Gasteiger partial charge in [-0.2, -0.15) is 0 Å². The summed E-state index contributed by atoms with van der Waals surface area (Å²) in [5.74, 6) is 1.72. The van der Waals surface area contributed by atoms with Crippen molar-refractivity contribution in [2.75, 3.05) is 18.0 Å². The minimum absolute atomic E-state index is 0.176. The number of hydrogen-bond acceptors (Lipinski definition) is 6. The molecular weight excluding hydrogens is 366 g/mol. The summed E-state index contributed by atoms with van der Waals surface area (Å²) in [6.45, 7) is 4.19. The van der Waals surface area contributed by atoms with Gasteiger partial charge in [0.2, 0.25) is 5.89 Å². The minimum atomic E-state index is 0.176. The van der Waals surface area contributed by atoms with Crippen molar-refractivity contribution in [2.45, 2.75) is 32.8 Å². The predicted molar refractivity (Wildman–Crippen MR) is 112 cm³/mol. The number of hydrogen-bond donors (Lipinski definition) is 1. The van der Waals surface area contributed by atoms with Gasteiger partial charge in [0.25, 0.3) is 0 Å². The number of piperidine rings is 1. The molecule has 0 saturated carbocycles. The van der Waals surface area contributed by atoms with E-state index < -0.39 is 0 Å². The summed E-state index contributed by atoms with van der Waals surface area (Å²) in [6.07, 6.45) is 6.94. The highest BCUT2D eigenvalue weighted by molar-refractivity contribution is 6.01.